The lowest BCUT2D eigenvalue weighted by molar-refractivity contribution is -0.104. The van der Waals surface area contributed by atoms with Gasteiger partial charge < -0.3 is 14.5 Å². The van der Waals surface area contributed by atoms with E-state index in [1.807, 2.05) is 32.0 Å². The van der Waals surface area contributed by atoms with Crippen LogP contribution in [0.2, 0.25) is 0 Å². The van der Waals surface area contributed by atoms with Gasteiger partial charge in [-0.1, -0.05) is 0 Å². The molecule has 6 nitrogen and oxygen atoms in total. The monoisotopic (exact) mass is 342 g/mol. The molecule has 0 radical (unpaired) electrons. The molecule has 2 rings (SSSR count). The highest BCUT2D eigenvalue weighted by molar-refractivity contribution is 5.94. The number of rotatable bonds is 5. The van der Waals surface area contributed by atoms with E-state index in [1.54, 1.807) is 13.3 Å². The third-order valence-electron chi connectivity index (χ3n) is 4.88. The fraction of sp³-hybridized carbons (Fsp3) is 0.526. The Labute approximate surface area is 149 Å². The topological polar surface area (TPSA) is 69.5 Å². The number of allylic oxidation sites excluding steroid dienone is 1. The van der Waals surface area contributed by atoms with E-state index in [0.29, 0.717) is 12.0 Å². The number of carbonyl (C=O) groups is 1. The van der Waals surface area contributed by atoms with E-state index in [4.69, 9.17) is 4.74 Å². The van der Waals surface area contributed by atoms with E-state index >= 15 is 0 Å². The summed E-state index contributed by atoms with van der Waals surface area (Å²) in [5, 5.41) is 9.52. The molecule has 0 unspecified atom stereocenters. The lowest BCUT2D eigenvalue weighted by Gasteiger charge is -2.41. The molecule has 1 fully saturated rings. The highest BCUT2D eigenvalue weighted by Crippen LogP contribution is 2.35. The summed E-state index contributed by atoms with van der Waals surface area (Å²) in [7, 11) is 5.59. The highest BCUT2D eigenvalue weighted by Gasteiger charge is 2.32. The van der Waals surface area contributed by atoms with Gasteiger partial charge in [0.05, 0.1) is 23.2 Å². The number of ether oxygens (including phenoxy) is 1. The predicted molar refractivity (Wildman–Crippen MR) is 98.1 cm³/mol. The van der Waals surface area contributed by atoms with E-state index in [-0.39, 0.29) is 11.2 Å². The minimum atomic E-state index is -0.159. The van der Waals surface area contributed by atoms with Gasteiger partial charge in [-0.15, -0.1) is 0 Å². The third-order valence-corrected chi connectivity index (χ3v) is 4.88. The van der Waals surface area contributed by atoms with E-state index in [1.165, 1.54) is 0 Å². The summed E-state index contributed by atoms with van der Waals surface area (Å²) in [5.41, 5.74) is 3.27. The fourth-order valence-electron chi connectivity index (χ4n) is 3.13. The second kappa shape index (κ2) is 7.66. The van der Waals surface area contributed by atoms with Gasteiger partial charge >= 0.3 is 0 Å². The van der Waals surface area contributed by atoms with Crippen molar-refractivity contribution in [1.82, 2.24) is 9.88 Å². The van der Waals surface area contributed by atoms with Crippen LogP contribution in [0.1, 0.15) is 31.0 Å². The summed E-state index contributed by atoms with van der Waals surface area (Å²) in [4.78, 5) is 20.0. The van der Waals surface area contributed by atoms with E-state index in [2.05, 4.69) is 22.9 Å². The lowest BCUT2D eigenvalue weighted by Crippen LogP contribution is -2.43. The minimum absolute atomic E-state index is 0.148. The number of nitrogens with zero attached hydrogens (tertiary/aromatic N) is 4. The zero-order valence-corrected chi connectivity index (χ0v) is 15.7. The van der Waals surface area contributed by atoms with Crippen LogP contribution in [-0.4, -0.2) is 56.1 Å². The Kier molecular flexibility index (Phi) is 5.81. The molecule has 0 N–H and O–H groups in total. The van der Waals surface area contributed by atoms with E-state index in [9.17, 15) is 10.1 Å². The van der Waals surface area contributed by atoms with Crippen LogP contribution in [0.3, 0.4) is 0 Å². The second-order valence-corrected chi connectivity index (χ2v) is 6.87. The summed E-state index contributed by atoms with van der Waals surface area (Å²) in [6.45, 7) is 5.46. The average molecular weight is 342 g/mol. The Hall–Kier alpha value is -2.39. The summed E-state index contributed by atoms with van der Waals surface area (Å²) in [6, 6.07) is 4.01. The Morgan fingerprint density at radius 3 is 2.56 bits per heavy atom. The van der Waals surface area contributed by atoms with Crippen LogP contribution in [0, 0.1) is 18.3 Å². The molecule has 0 saturated carbocycles. The molecule has 1 aliphatic heterocycles. The molecule has 6 heteroatoms. The quantitative estimate of drug-likeness (QED) is 0.465. The first-order valence-corrected chi connectivity index (χ1v) is 8.39. The van der Waals surface area contributed by atoms with Crippen molar-refractivity contribution in [3.63, 3.8) is 0 Å². The van der Waals surface area contributed by atoms with Crippen molar-refractivity contribution < 1.29 is 9.53 Å². The van der Waals surface area contributed by atoms with Crippen molar-refractivity contribution in [3.05, 3.63) is 29.1 Å². The number of methoxy groups -OCH3 is 1. The van der Waals surface area contributed by atoms with Crippen molar-refractivity contribution in [2.45, 2.75) is 32.3 Å². The Balaban J connectivity index is 2.55. The molecule has 134 valence electrons. The van der Waals surface area contributed by atoms with E-state index in [0.717, 1.165) is 42.9 Å². The molecule has 1 saturated heterocycles. The molecule has 0 aromatic carbocycles. The number of aryl methyl sites for hydroxylation is 1. The maximum absolute atomic E-state index is 11.6. The van der Waals surface area contributed by atoms with Crippen LogP contribution in [0.25, 0.3) is 5.70 Å². The smallest absolute Gasteiger partial charge is 0.162 e. The first-order valence-electron chi connectivity index (χ1n) is 8.39. The first kappa shape index (κ1) is 18.9. The van der Waals surface area contributed by atoms with Crippen molar-refractivity contribution in [1.29, 1.82) is 5.26 Å². The van der Waals surface area contributed by atoms with Crippen LogP contribution in [0.4, 0.5) is 5.69 Å². The maximum atomic E-state index is 11.6. The highest BCUT2D eigenvalue weighted by atomic mass is 16.5. The van der Waals surface area contributed by atoms with Crippen LogP contribution in [0.15, 0.2) is 17.8 Å². The van der Waals surface area contributed by atoms with E-state index < -0.39 is 0 Å². The SMILES string of the molecule is COC1(C)CCN(/C(=C(\C#N)C=O)c2cc(C)ncc2N(C)C)CC1. The van der Waals surface area contributed by atoms with Crippen LogP contribution in [-0.2, 0) is 9.53 Å². The molecule has 25 heavy (non-hydrogen) atoms. The summed E-state index contributed by atoms with van der Waals surface area (Å²) in [6.07, 6.45) is 4.11. The molecule has 1 aromatic rings. The number of pyridine rings is 1. The van der Waals surface area contributed by atoms with Crippen molar-refractivity contribution in [2.24, 2.45) is 0 Å². The zero-order valence-electron chi connectivity index (χ0n) is 15.7. The molecule has 0 spiro atoms. The molecule has 0 atom stereocenters. The van der Waals surface area contributed by atoms with Gasteiger partial charge in [0, 0.05) is 45.6 Å². The van der Waals surface area contributed by atoms with Gasteiger partial charge in [0.15, 0.2) is 6.29 Å². The largest absolute Gasteiger partial charge is 0.378 e. The number of piperidine rings is 1. The van der Waals surface area contributed by atoms with Gasteiger partial charge in [0.2, 0.25) is 0 Å². The predicted octanol–water partition coefficient (Wildman–Crippen LogP) is 2.39. The molecular weight excluding hydrogens is 316 g/mol. The Morgan fingerprint density at radius 2 is 2.08 bits per heavy atom. The van der Waals surface area contributed by atoms with Gasteiger partial charge in [-0.2, -0.15) is 5.26 Å². The maximum Gasteiger partial charge on any atom is 0.162 e. The van der Waals surface area contributed by atoms with Crippen LogP contribution >= 0.6 is 0 Å². The van der Waals surface area contributed by atoms with Crippen LogP contribution < -0.4 is 4.90 Å². The lowest BCUT2D eigenvalue weighted by atomic mass is 9.91. The summed E-state index contributed by atoms with van der Waals surface area (Å²) >= 11 is 0. The van der Waals surface area contributed by atoms with Crippen molar-refractivity contribution in [2.75, 3.05) is 39.2 Å². The van der Waals surface area contributed by atoms with Gasteiger partial charge in [-0.3, -0.25) is 9.78 Å². The molecule has 0 aliphatic carbocycles. The average Bonchev–Trinajstić information content (AvgIpc) is 2.60. The molecule has 1 aliphatic rings. The number of hydrogen-bond acceptors (Lipinski definition) is 6. The molecule has 1 aromatic heterocycles. The normalized spacial score (nSPS) is 17.5. The Bertz CT molecular complexity index is 711. The zero-order chi connectivity index (χ0) is 18.6. The van der Waals surface area contributed by atoms with Crippen LogP contribution in [0.5, 0.6) is 0 Å². The summed E-state index contributed by atoms with van der Waals surface area (Å²) < 4.78 is 5.61. The molecular formula is C19H26N4O2. The van der Waals surface area contributed by atoms with Crippen molar-refractivity contribution >= 4 is 17.7 Å². The molecule has 0 amide bonds. The number of aldehydes is 1. The third kappa shape index (κ3) is 3.99. The summed E-state index contributed by atoms with van der Waals surface area (Å²) in [5.74, 6) is 0. The fourth-order valence-corrected chi connectivity index (χ4v) is 3.13. The second-order valence-electron chi connectivity index (χ2n) is 6.87. The number of hydrogen-bond donors (Lipinski definition) is 0. The number of nitriles is 1. The standard InChI is InChI=1S/C19H26N4O2/c1-14-10-16(17(12-21-14)22(3)4)18(15(11-20)13-24)23-8-6-19(2,25-5)7-9-23/h10,12-13H,6-9H2,1-5H3/b18-15+. The number of carbonyl (C=O) groups excluding carboxylic acids is 1. The van der Waals surface area contributed by atoms with Gasteiger partial charge in [-0.25, -0.2) is 0 Å². The molecule has 0 bridgehead atoms. The van der Waals surface area contributed by atoms with Gasteiger partial charge in [-0.05, 0) is 32.8 Å². The minimum Gasteiger partial charge on any atom is -0.378 e. The van der Waals surface area contributed by atoms with Gasteiger partial charge in [0.1, 0.15) is 11.6 Å². The van der Waals surface area contributed by atoms with Crippen molar-refractivity contribution in [3.8, 4) is 6.07 Å². The number of aromatic nitrogens is 1. The number of likely N-dealkylation sites (tertiary alicyclic amines) is 1. The number of anilines is 1. The molecule has 2 heterocycles. The Morgan fingerprint density at radius 1 is 1.44 bits per heavy atom. The first-order chi connectivity index (χ1) is 11.8. The van der Waals surface area contributed by atoms with Gasteiger partial charge in [0.25, 0.3) is 0 Å².